The Hall–Kier alpha value is -4.15. The molecule has 0 saturated heterocycles. The minimum absolute atomic E-state index is 0.0569. The highest BCUT2D eigenvalue weighted by Crippen LogP contribution is 2.41. The Morgan fingerprint density at radius 2 is 1.51 bits per heavy atom. The maximum absolute atomic E-state index is 13.0. The van der Waals surface area contributed by atoms with E-state index < -0.39 is 17.9 Å². The summed E-state index contributed by atoms with van der Waals surface area (Å²) in [7, 11) is 1.79. The van der Waals surface area contributed by atoms with Gasteiger partial charge in [0.1, 0.15) is 0 Å². The number of carboxylic acid groups (broad SMARTS) is 3. The number of para-hydroxylation sites is 2. The molecule has 0 radical (unpaired) electrons. The molecule has 0 aliphatic carbocycles. The fraction of sp³-hybridized carbons (Fsp3) is 0.231. The van der Waals surface area contributed by atoms with E-state index in [-0.39, 0.29) is 5.91 Å². The van der Waals surface area contributed by atoms with Gasteiger partial charge >= 0.3 is 17.9 Å². The second-order valence-electron chi connectivity index (χ2n) is 7.83. The number of nitrogens with zero attached hydrogens (tertiary/aromatic N) is 2. The third-order valence-corrected chi connectivity index (χ3v) is 5.43. The molecule has 0 bridgehead atoms. The number of carbonyl (C=O) groups excluding carboxylic acids is 1. The molecule has 1 aliphatic rings. The van der Waals surface area contributed by atoms with Gasteiger partial charge in [0.05, 0.1) is 22.6 Å². The topological polar surface area (TPSA) is 147 Å². The minimum Gasteiger partial charge on any atom is -0.478 e. The van der Waals surface area contributed by atoms with Crippen LogP contribution >= 0.6 is 11.6 Å². The highest BCUT2D eigenvalue weighted by Gasteiger charge is 2.28. The van der Waals surface area contributed by atoms with Crippen LogP contribution in [0.4, 0.5) is 17.1 Å². The summed E-state index contributed by atoms with van der Waals surface area (Å²) in [6.07, 6.45) is 5.65. The van der Waals surface area contributed by atoms with Crippen molar-refractivity contribution in [1.29, 1.82) is 0 Å². The number of amides is 1. The molecule has 2 aromatic rings. The SMILES string of the molecule is CN1C(=O)c2ccc(Cl)cc2N(CCCCNC/C=C/C(=O)O)c2ccccc21.O=C(O)/C=C\C(=O)O. The van der Waals surface area contributed by atoms with E-state index in [2.05, 4.69) is 10.2 Å². The Kier molecular flexibility index (Phi) is 11.3. The molecule has 0 saturated carbocycles. The molecular formula is C26H28ClN3O7. The number of fused-ring (bicyclic) bond motifs is 2. The number of hydrogen-bond acceptors (Lipinski definition) is 6. The van der Waals surface area contributed by atoms with Crippen LogP contribution in [0.2, 0.25) is 5.02 Å². The maximum Gasteiger partial charge on any atom is 0.328 e. The second kappa shape index (κ2) is 14.4. The molecule has 10 nitrogen and oxygen atoms in total. The number of hydrogen-bond donors (Lipinski definition) is 4. The zero-order valence-electron chi connectivity index (χ0n) is 20.1. The average molecular weight is 530 g/mol. The highest BCUT2D eigenvalue weighted by atomic mass is 35.5. The molecule has 0 atom stereocenters. The van der Waals surface area contributed by atoms with Crippen LogP contribution in [-0.2, 0) is 14.4 Å². The predicted octanol–water partition coefficient (Wildman–Crippen LogP) is 3.79. The lowest BCUT2D eigenvalue weighted by molar-refractivity contribution is -0.134. The molecule has 1 amide bonds. The molecule has 3 rings (SSSR count). The van der Waals surface area contributed by atoms with E-state index >= 15 is 0 Å². The molecule has 1 aliphatic heterocycles. The zero-order chi connectivity index (χ0) is 27.4. The van der Waals surface area contributed by atoms with Gasteiger partial charge in [-0.05, 0) is 49.7 Å². The Morgan fingerprint density at radius 3 is 2.14 bits per heavy atom. The number of carboxylic acids is 3. The van der Waals surface area contributed by atoms with E-state index in [1.165, 1.54) is 0 Å². The van der Waals surface area contributed by atoms with Crippen LogP contribution in [0.5, 0.6) is 0 Å². The maximum atomic E-state index is 13.0. The van der Waals surface area contributed by atoms with Gasteiger partial charge in [-0.2, -0.15) is 0 Å². The zero-order valence-corrected chi connectivity index (χ0v) is 20.9. The number of anilines is 3. The summed E-state index contributed by atoms with van der Waals surface area (Å²) in [6.45, 7) is 2.04. The van der Waals surface area contributed by atoms with Gasteiger partial charge in [-0.15, -0.1) is 0 Å². The lowest BCUT2D eigenvalue weighted by atomic mass is 10.1. The van der Waals surface area contributed by atoms with Crippen molar-refractivity contribution < 1.29 is 34.5 Å². The van der Waals surface area contributed by atoms with Crippen molar-refractivity contribution in [3.63, 3.8) is 0 Å². The fourth-order valence-electron chi connectivity index (χ4n) is 3.55. The number of nitrogens with one attached hydrogen (secondary N) is 1. The number of unbranched alkanes of at least 4 members (excludes halogenated alkanes) is 1. The van der Waals surface area contributed by atoms with Crippen LogP contribution in [-0.4, -0.2) is 65.8 Å². The number of halogens is 1. The van der Waals surface area contributed by atoms with Crippen LogP contribution < -0.4 is 15.1 Å². The third-order valence-electron chi connectivity index (χ3n) is 5.20. The smallest absolute Gasteiger partial charge is 0.328 e. The van der Waals surface area contributed by atoms with Gasteiger partial charge in [0.2, 0.25) is 0 Å². The number of aliphatic carboxylic acids is 3. The van der Waals surface area contributed by atoms with Crippen LogP contribution in [0.1, 0.15) is 23.2 Å². The van der Waals surface area contributed by atoms with Crippen molar-refractivity contribution in [1.82, 2.24) is 5.32 Å². The molecule has 0 spiro atoms. The van der Waals surface area contributed by atoms with E-state index in [0.717, 1.165) is 49.1 Å². The molecule has 0 aromatic heterocycles. The van der Waals surface area contributed by atoms with Crippen molar-refractivity contribution in [2.45, 2.75) is 12.8 Å². The summed E-state index contributed by atoms with van der Waals surface area (Å²) >= 11 is 6.25. The van der Waals surface area contributed by atoms with Crippen molar-refractivity contribution in [2.75, 3.05) is 36.5 Å². The molecule has 0 fully saturated rings. The highest BCUT2D eigenvalue weighted by molar-refractivity contribution is 6.31. The number of benzene rings is 2. The molecule has 196 valence electrons. The first-order valence-electron chi connectivity index (χ1n) is 11.3. The molecule has 4 N–H and O–H groups in total. The second-order valence-corrected chi connectivity index (χ2v) is 8.26. The van der Waals surface area contributed by atoms with Crippen LogP contribution in [0.25, 0.3) is 0 Å². The van der Waals surface area contributed by atoms with Gasteiger partial charge in [-0.1, -0.05) is 29.8 Å². The molecule has 0 unspecified atom stereocenters. The fourth-order valence-corrected chi connectivity index (χ4v) is 3.72. The lowest BCUT2D eigenvalue weighted by Gasteiger charge is -2.26. The number of rotatable bonds is 10. The van der Waals surface area contributed by atoms with Crippen molar-refractivity contribution in [3.8, 4) is 0 Å². The normalized spacial score (nSPS) is 12.5. The van der Waals surface area contributed by atoms with Gasteiger partial charge in [0.25, 0.3) is 5.91 Å². The molecule has 1 heterocycles. The third kappa shape index (κ3) is 9.10. The van der Waals surface area contributed by atoms with E-state index in [4.69, 9.17) is 26.9 Å². The standard InChI is InChI=1S/C22H24ClN3O3.C4H4O4/c1-25-18-7-2-3-8-19(18)26(14-5-4-12-24-13-6-9-21(27)28)20-15-16(23)10-11-17(20)22(25)29;5-3(6)1-2-4(7)8/h2-3,6-11,15,24H,4-5,12-14H2,1H3,(H,27,28);1-2H,(H,5,6)(H,7,8)/b9-6+;2-1-. The van der Waals surface area contributed by atoms with Gasteiger partial charge in [0, 0.05) is 43.4 Å². The van der Waals surface area contributed by atoms with Gasteiger partial charge in [-0.3, -0.25) is 4.79 Å². The van der Waals surface area contributed by atoms with Gasteiger partial charge in [0.15, 0.2) is 0 Å². The summed E-state index contributed by atoms with van der Waals surface area (Å²) in [4.78, 5) is 46.4. The van der Waals surface area contributed by atoms with E-state index in [1.807, 2.05) is 30.3 Å². The van der Waals surface area contributed by atoms with E-state index in [1.54, 1.807) is 30.2 Å². The van der Waals surface area contributed by atoms with Crippen LogP contribution in [0.15, 0.2) is 66.8 Å². The number of carbonyl (C=O) groups is 4. The first-order valence-corrected chi connectivity index (χ1v) is 11.7. The van der Waals surface area contributed by atoms with Crippen LogP contribution in [0.3, 0.4) is 0 Å². The minimum atomic E-state index is -1.26. The lowest BCUT2D eigenvalue weighted by Crippen LogP contribution is -2.25. The molecule has 2 aromatic carbocycles. The van der Waals surface area contributed by atoms with Crippen molar-refractivity contribution >= 4 is 52.5 Å². The van der Waals surface area contributed by atoms with E-state index in [0.29, 0.717) is 29.3 Å². The predicted molar refractivity (Wildman–Crippen MR) is 141 cm³/mol. The quantitative estimate of drug-likeness (QED) is 0.266. The monoisotopic (exact) mass is 529 g/mol. The Bertz CT molecular complexity index is 1180. The summed E-state index contributed by atoms with van der Waals surface area (Å²) in [5, 5.41) is 28.0. The largest absolute Gasteiger partial charge is 0.478 e. The Morgan fingerprint density at radius 1 is 0.892 bits per heavy atom. The Balaban J connectivity index is 0.000000521. The molecule has 37 heavy (non-hydrogen) atoms. The molecule has 11 heteroatoms. The van der Waals surface area contributed by atoms with Crippen molar-refractivity contribution in [2.24, 2.45) is 0 Å². The summed E-state index contributed by atoms with van der Waals surface area (Å²) in [5.74, 6) is -3.51. The van der Waals surface area contributed by atoms with Crippen molar-refractivity contribution in [3.05, 3.63) is 77.4 Å². The average Bonchev–Trinajstić information content (AvgIpc) is 2.93. The summed E-state index contributed by atoms with van der Waals surface area (Å²) in [6, 6.07) is 13.2. The summed E-state index contributed by atoms with van der Waals surface area (Å²) < 4.78 is 0. The van der Waals surface area contributed by atoms with Crippen LogP contribution in [0, 0.1) is 0 Å². The Labute approximate surface area is 219 Å². The van der Waals surface area contributed by atoms with Gasteiger partial charge in [-0.25, -0.2) is 14.4 Å². The first-order chi connectivity index (χ1) is 17.6. The summed E-state index contributed by atoms with van der Waals surface area (Å²) in [5.41, 5.74) is 3.28. The molecular weight excluding hydrogens is 502 g/mol. The van der Waals surface area contributed by atoms with Gasteiger partial charge < -0.3 is 30.4 Å². The van der Waals surface area contributed by atoms with E-state index in [9.17, 15) is 19.2 Å². The first kappa shape index (κ1) is 29.1.